The second-order valence-electron chi connectivity index (χ2n) is 2.85. The van der Waals surface area contributed by atoms with Crippen LogP contribution in [0.3, 0.4) is 0 Å². The molecule has 0 spiro atoms. The van der Waals surface area contributed by atoms with Crippen LogP contribution in [-0.2, 0) is 4.79 Å². The van der Waals surface area contributed by atoms with Crippen LogP contribution in [0.2, 0.25) is 0 Å². The van der Waals surface area contributed by atoms with Crippen LogP contribution >= 0.6 is 12.2 Å². The highest BCUT2D eigenvalue weighted by atomic mass is 32.1. The number of aliphatic hydroxyl groups excluding tert-OH is 1. The lowest BCUT2D eigenvalue weighted by Crippen LogP contribution is -2.40. The number of carbonyl (C=O) groups is 1. The zero-order valence-corrected chi connectivity index (χ0v) is 8.80. The summed E-state index contributed by atoms with van der Waals surface area (Å²) in [6, 6.07) is 0. The molecule has 0 radical (unpaired) electrons. The van der Waals surface area contributed by atoms with E-state index in [1.165, 1.54) is 4.90 Å². The van der Waals surface area contributed by atoms with Gasteiger partial charge in [-0.3, -0.25) is 4.79 Å². The van der Waals surface area contributed by atoms with Crippen molar-refractivity contribution in [2.45, 2.75) is 13.3 Å². The van der Waals surface area contributed by atoms with E-state index in [9.17, 15) is 4.79 Å². The molecular weight excluding hydrogens is 188 g/mol. The summed E-state index contributed by atoms with van der Waals surface area (Å²) < 4.78 is 0. The number of hydrogen-bond donors (Lipinski definition) is 2. The van der Waals surface area contributed by atoms with Gasteiger partial charge in [0, 0.05) is 13.6 Å². The van der Waals surface area contributed by atoms with Gasteiger partial charge in [0.05, 0.1) is 17.5 Å². The predicted octanol–water partition coefficient (Wildman–Crippen LogP) is -0.251. The van der Waals surface area contributed by atoms with E-state index in [4.69, 9.17) is 23.1 Å². The molecule has 1 amide bonds. The third kappa shape index (κ3) is 3.69. The molecule has 1 atom stereocenters. The Morgan fingerprint density at radius 1 is 1.69 bits per heavy atom. The van der Waals surface area contributed by atoms with Crippen molar-refractivity contribution >= 4 is 23.1 Å². The molecule has 13 heavy (non-hydrogen) atoms. The van der Waals surface area contributed by atoms with Crippen molar-refractivity contribution in [1.82, 2.24) is 4.90 Å². The van der Waals surface area contributed by atoms with Gasteiger partial charge >= 0.3 is 0 Å². The lowest BCUT2D eigenvalue weighted by atomic mass is 10.1. The topological polar surface area (TPSA) is 66.6 Å². The Kier molecular flexibility index (Phi) is 5.57. The maximum absolute atomic E-state index is 11.6. The number of likely N-dealkylation sites (N-methyl/N-ethyl adjacent to an activating group) is 1. The quantitative estimate of drug-likeness (QED) is 0.606. The molecule has 76 valence electrons. The minimum absolute atomic E-state index is 0.0456. The zero-order valence-electron chi connectivity index (χ0n) is 7.99. The molecule has 5 heteroatoms. The van der Waals surface area contributed by atoms with Gasteiger partial charge in [-0.2, -0.15) is 0 Å². The SMILES string of the molecule is CCC(C(=O)N(C)CCO)C(N)=S. The average Bonchev–Trinajstić information content (AvgIpc) is 2.05. The van der Waals surface area contributed by atoms with Crippen LogP contribution in [0.25, 0.3) is 0 Å². The van der Waals surface area contributed by atoms with Crippen molar-refractivity contribution in [1.29, 1.82) is 0 Å². The molecule has 0 aromatic heterocycles. The van der Waals surface area contributed by atoms with Gasteiger partial charge in [0.2, 0.25) is 5.91 Å². The molecular formula is C8H16N2O2S. The molecule has 0 saturated carbocycles. The van der Waals surface area contributed by atoms with Crippen molar-refractivity contribution in [3.05, 3.63) is 0 Å². The van der Waals surface area contributed by atoms with Gasteiger partial charge in [0.25, 0.3) is 0 Å². The number of thiocarbonyl (C=S) groups is 1. The minimum atomic E-state index is -0.397. The van der Waals surface area contributed by atoms with Crippen molar-refractivity contribution in [2.75, 3.05) is 20.2 Å². The Morgan fingerprint density at radius 3 is 2.54 bits per heavy atom. The summed E-state index contributed by atoms with van der Waals surface area (Å²) in [4.78, 5) is 13.2. The maximum Gasteiger partial charge on any atom is 0.232 e. The van der Waals surface area contributed by atoms with E-state index in [1.54, 1.807) is 7.05 Å². The predicted molar refractivity (Wildman–Crippen MR) is 55.3 cm³/mol. The standard InChI is InChI=1S/C8H16N2O2S/c1-3-6(7(9)13)8(12)10(2)4-5-11/h6,11H,3-5H2,1-2H3,(H2,9,13). The molecule has 0 aliphatic heterocycles. The summed E-state index contributed by atoms with van der Waals surface area (Å²) >= 11 is 4.76. The number of aliphatic hydroxyl groups is 1. The molecule has 0 aromatic carbocycles. The smallest absolute Gasteiger partial charge is 0.232 e. The van der Waals surface area contributed by atoms with Gasteiger partial charge in [-0.25, -0.2) is 0 Å². The number of nitrogens with two attached hydrogens (primary N) is 1. The molecule has 0 rings (SSSR count). The van der Waals surface area contributed by atoms with E-state index in [-0.39, 0.29) is 17.5 Å². The van der Waals surface area contributed by atoms with E-state index in [0.29, 0.717) is 13.0 Å². The Hall–Kier alpha value is -0.680. The Morgan fingerprint density at radius 2 is 2.23 bits per heavy atom. The van der Waals surface area contributed by atoms with E-state index < -0.39 is 5.92 Å². The largest absolute Gasteiger partial charge is 0.395 e. The van der Waals surface area contributed by atoms with Crippen molar-refractivity contribution in [3.63, 3.8) is 0 Å². The molecule has 0 heterocycles. The van der Waals surface area contributed by atoms with Crippen LogP contribution in [0, 0.1) is 5.92 Å². The number of amides is 1. The van der Waals surface area contributed by atoms with Crippen LogP contribution in [-0.4, -0.2) is 41.1 Å². The molecule has 0 saturated heterocycles. The first-order chi connectivity index (χ1) is 6.04. The molecule has 3 N–H and O–H groups in total. The molecule has 0 bridgehead atoms. The first kappa shape index (κ1) is 12.3. The van der Waals surface area contributed by atoms with Gasteiger partial charge in [-0.15, -0.1) is 0 Å². The molecule has 0 aliphatic carbocycles. The van der Waals surface area contributed by atoms with Crippen LogP contribution in [0.1, 0.15) is 13.3 Å². The first-order valence-electron chi connectivity index (χ1n) is 4.19. The fraction of sp³-hybridized carbons (Fsp3) is 0.750. The number of hydrogen-bond acceptors (Lipinski definition) is 3. The van der Waals surface area contributed by atoms with Gasteiger partial charge in [0.1, 0.15) is 0 Å². The fourth-order valence-electron chi connectivity index (χ4n) is 1.02. The summed E-state index contributed by atoms with van der Waals surface area (Å²) in [7, 11) is 1.62. The number of nitrogens with zero attached hydrogens (tertiary/aromatic N) is 1. The Balaban J connectivity index is 4.28. The summed E-state index contributed by atoms with van der Waals surface area (Å²) in [5.74, 6) is -0.518. The molecule has 0 aliphatic rings. The summed E-state index contributed by atoms with van der Waals surface area (Å²) in [6.45, 7) is 2.13. The van der Waals surface area contributed by atoms with Gasteiger partial charge < -0.3 is 15.7 Å². The van der Waals surface area contributed by atoms with Crippen LogP contribution in [0.15, 0.2) is 0 Å². The highest BCUT2D eigenvalue weighted by Gasteiger charge is 2.22. The fourth-order valence-corrected chi connectivity index (χ4v) is 1.29. The van der Waals surface area contributed by atoms with Crippen molar-refractivity contribution in [3.8, 4) is 0 Å². The monoisotopic (exact) mass is 204 g/mol. The summed E-state index contributed by atoms with van der Waals surface area (Å²) in [6.07, 6.45) is 0.601. The van der Waals surface area contributed by atoms with E-state index in [0.717, 1.165) is 0 Å². The summed E-state index contributed by atoms with van der Waals surface area (Å²) in [5, 5.41) is 8.62. The lowest BCUT2D eigenvalue weighted by Gasteiger charge is -2.21. The third-order valence-electron chi connectivity index (χ3n) is 1.86. The number of carbonyl (C=O) groups excluding carboxylic acids is 1. The van der Waals surface area contributed by atoms with E-state index in [1.807, 2.05) is 6.92 Å². The molecule has 0 fully saturated rings. The Bertz CT molecular complexity index is 197. The van der Waals surface area contributed by atoms with Crippen LogP contribution in [0.4, 0.5) is 0 Å². The molecule has 0 aromatic rings. The first-order valence-corrected chi connectivity index (χ1v) is 4.60. The second kappa shape index (κ2) is 5.88. The number of rotatable bonds is 5. The van der Waals surface area contributed by atoms with Crippen LogP contribution in [0.5, 0.6) is 0 Å². The highest BCUT2D eigenvalue weighted by Crippen LogP contribution is 2.06. The van der Waals surface area contributed by atoms with Crippen molar-refractivity contribution < 1.29 is 9.90 Å². The van der Waals surface area contributed by atoms with Gasteiger partial charge in [-0.1, -0.05) is 19.1 Å². The maximum atomic E-state index is 11.6. The zero-order chi connectivity index (χ0) is 10.4. The molecule has 1 unspecified atom stereocenters. The van der Waals surface area contributed by atoms with E-state index >= 15 is 0 Å². The third-order valence-corrected chi connectivity index (χ3v) is 2.15. The Labute approximate surface area is 83.7 Å². The molecule has 4 nitrogen and oxygen atoms in total. The van der Waals surface area contributed by atoms with Crippen molar-refractivity contribution in [2.24, 2.45) is 11.7 Å². The highest BCUT2D eigenvalue weighted by molar-refractivity contribution is 7.80. The van der Waals surface area contributed by atoms with Gasteiger partial charge in [-0.05, 0) is 6.42 Å². The average molecular weight is 204 g/mol. The van der Waals surface area contributed by atoms with E-state index in [2.05, 4.69) is 0 Å². The van der Waals surface area contributed by atoms with Crippen LogP contribution < -0.4 is 5.73 Å². The normalized spacial score (nSPS) is 12.2. The summed E-state index contributed by atoms with van der Waals surface area (Å²) in [5.41, 5.74) is 5.40. The lowest BCUT2D eigenvalue weighted by molar-refractivity contribution is -0.132. The minimum Gasteiger partial charge on any atom is -0.395 e. The second-order valence-corrected chi connectivity index (χ2v) is 3.32. The van der Waals surface area contributed by atoms with Gasteiger partial charge in [0.15, 0.2) is 0 Å².